The van der Waals surface area contributed by atoms with Crippen LogP contribution < -0.4 is 10.9 Å². The summed E-state index contributed by atoms with van der Waals surface area (Å²) >= 11 is 0. The third kappa shape index (κ3) is 4.90. The Morgan fingerprint density at radius 1 is 1.17 bits per heavy atom. The Hall–Kier alpha value is -3.96. The predicted molar refractivity (Wildman–Crippen MR) is 99.5 cm³/mol. The highest BCUT2D eigenvalue weighted by molar-refractivity contribution is 5.97. The van der Waals surface area contributed by atoms with Gasteiger partial charge < -0.3 is 0 Å². The van der Waals surface area contributed by atoms with Crippen molar-refractivity contribution in [3.63, 3.8) is 0 Å². The van der Waals surface area contributed by atoms with Gasteiger partial charge in [-0.2, -0.15) is 18.3 Å². The molecule has 0 bridgehead atoms. The summed E-state index contributed by atoms with van der Waals surface area (Å²) < 4.78 is 40.1. The Balaban J connectivity index is 1.65. The molecule has 3 rings (SSSR count). The van der Waals surface area contributed by atoms with Gasteiger partial charge in [0.15, 0.2) is 5.82 Å². The van der Waals surface area contributed by atoms with Gasteiger partial charge in [-0.15, -0.1) is 5.10 Å². The summed E-state index contributed by atoms with van der Waals surface area (Å²) in [6.45, 7) is 3.19. The molecule has 0 aliphatic heterocycles. The Bertz CT molecular complexity index is 1120. The number of hydrogen-bond acceptors (Lipinski definition) is 5. The van der Waals surface area contributed by atoms with E-state index in [9.17, 15) is 22.8 Å². The third-order valence-electron chi connectivity index (χ3n) is 3.92. The smallest absolute Gasteiger partial charge is 0.282 e. The molecule has 2 heterocycles. The molecule has 3 aromatic rings. The van der Waals surface area contributed by atoms with E-state index in [0.29, 0.717) is 11.3 Å². The molecular formula is C18H16F3N7O2. The number of nitrogens with zero attached hydrogens (tertiary/aromatic N) is 4. The maximum absolute atomic E-state index is 13.0. The van der Waals surface area contributed by atoms with Gasteiger partial charge in [-0.3, -0.25) is 25.5 Å². The van der Waals surface area contributed by atoms with E-state index in [-0.39, 0.29) is 17.0 Å². The molecule has 3 N–H and O–H groups in total. The highest BCUT2D eigenvalue weighted by Gasteiger charge is 2.31. The normalized spacial score (nSPS) is 11.6. The molecular weight excluding hydrogens is 403 g/mol. The zero-order valence-corrected chi connectivity index (χ0v) is 15.8. The minimum atomic E-state index is -4.49. The summed E-state index contributed by atoms with van der Waals surface area (Å²) in [5, 5.41) is 10.3. The van der Waals surface area contributed by atoms with Crippen molar-refractivity contribution in [2.24, 2.45) is 0 Å². The number of hydrazine groups is 1. The molecule has 0 atom stereocenters. The first-order valence-electron chi connectivity index (χ1n) is 8.52. The predicted octanol–water partition coefficient (Wildman–Crippen LogP) is 2.24. The van der Waals surface area contributed by atoms with Crippen LogP contribution in [0.2, 0.25) is 0 Å². The van der Waals surface area contributed by atoms with Gasteiger partial charge >= 0.3 is 6.18 Å². The fraction of sp³-hybridized carbons (Fsp3) is 0.167. The summed E-state index contributed by atoms with van der Waals surface area (Å²) in [6, 6.07) is 3.51. The first-order valence-corrected chi connectivity index (χ1v) is 8.52. The number of benzene rings is 1. The van der Waals surface area contributed by atoms with Crippen LogP contribution in [0.25, 0.3) is 17.6 Å². The van der Waals surface area contributed by atoms with Gasteiger partial charge in [0.1, 0.15) is 6.33 Å². The number of amides is 2. The SMILES string of the molecule is Cc1cc(-c2ncn(/C=C\C(=O)NNC(=O)c3cn[nH]c3C)n2)cc(C(F)(F)F)c1. The number of carbonyl (C=O) groups excluding carboxylic acids is 2. The fourth-order valence-electron chi connectivity index (χ4n) is 2.51. The summed E-state index contributed by atoms with van der Waals surface area (Å²) in [4.78, 5) is 27.7. The standard InChI is InChI=1S/C18H16F3N7O2/c1-10-5-12(7-13(6-10)18(19,20)21)16-22-9-28(27-16)4-3-15(29)25-26-17(30)14-8-23-24-11(14)2/h3-9H,1-2H3,(H,23,24)(H,25,29)(H,26,30)/b4-3-. The van der Waals surface area contributed by atoms with Gasteiger partial charge in [0.2, 0.25) is 0 Å². The van der Waals surface area contributed by atoms with E-state index in [0.717, 1.165) is 22.9 Å². The average molecular weight is 419 g/mol. The third-order valence-corrected chi connectivity index (χ3v) is 3.92. The van der Waals surface area contributed by atoms with E-state index in [2.05, 4.69) is 31.1 Å². The summed E-state index contributed by atoms with van der Waals surface area (Å²) in [5.41, 5.74) is 5.03. The van der Waals surface area contributed by atoms with Crippen LogP contribution in [-0.2, 0) is 11.0 Å². The Labute approximate surface area is 168 Å². The molecule has 0 aliphatic rings. The molecule has 0 saturated carbocycles. The zero-order chi connectivity index (χ0) is 21.9. The molecule has 2 amide bonds. The van der Waals surface area contributed by atoms with Crippen molar-refractivity contribution in [1.82, 2.24) is 35.8 Å². The quantitative estimate of drug-likeness (QED) is 0.443. The highest BCUT2D eigenvalue weighted by atomic mass is 19.4. The molecule has 0 radical (unpaired) electrons. The summed E-state index contributed by atoms with van der Waals surface area (Å²) in [5.74, 6) is -1.14. The Morgan fingerprint density at radius 3 is 2.60 bits per heavy atom. The van der Waals surface area contributed by atoms with Gasteiger partial charge in [-0.25, -0.2) is 9.67 Å². The number of alkyl halides is 3. The lowest BCUT2D eigenvalue weighted by Gasteiger charge is -2.09. The highest BCUT2D eigenvalue weighted by Crippen LogP contribution is 2.32. The maximum Gasteiger partial charge on any atom is 0.416 e. The van der Waals surface area contributed by atoms with Crippen molar-refractivity contribution >= 4 is 18.0 Å². The number of halogens is 3. The number of rotatable bonds is 4. The molecule has 2 aromatic heterocycles. The van der Waals surface area contributed by atoms with Gasteiger partial charge in [-0.1, -0.05) is 0 Å². The minimum Gasteiger partial charge on any atom is -0.282 e. The van der Waals surface area contributed by atoms with Crippen LogP contribution >= 0.6 is 0 Å². The lowest BCUT2D eigenvalue weighted by atomic mass is 10.1. The van der Waals surface area contributed by atoms with E-state index in [1.807, 2.05) is 0 Å². The largest absolute Gasteiger partial charge is 0.416 e. The van der Waals surface area contributed by atoms with Gasteiger partial charge in [0.25, 0.3) is 11.8 Å². The van der Waals surface area contributed by atoms with E-state index >= 15 is 0 Å². The number of hydrogen-bond donors (Lipinski definition) is 3. The molecule has 0 unspecified atom stereocenters. The topological polar surface area (TPSA) is 118 Å². The van der Waals surface area contributed by atoms with Crippen LogP contribution in [-0.4, -0.2) is 36.8 Å². The fourth-order valence-corrected chi connectivity index (χ4v) is 2.51. The minimum absolute atomic E-state index is 0.0676. The number of aromatic amines is 1. The number of aromatic nitrogens is 5. The summed E-state index contributed by atoms with van der Waals surface area (Å²) in [7, 11) is 0. The van der Waals surface area contributed by atoms with Crippen molar-refractivity contribution in [1.29, 1.82) is 0 Å². The van der Waals surface area contributed by atoms with Crippen LogP contribution in [0.4, 0.5) is 13.2 Å². The van der Waals surface area contributed by atoms with Crippen LogP contribution in [0.1, 0.15) is 27.2 Å². The van der Waals surface area contributed by atoms with Crippen LogP contribution in [0.15, 0.2) is 36.8 Å². The lowest BCUT2D eigenvalue weighted by Crippen LogP contribution is -2.40. The second-order valence-corrected chi connectivity index (χ2v) is 6.30. The number of H-pyrrole nitrogens is 1. The molecule has 12 heteroatoms. The lowest BCUT2D eigenvalue weighted by molar-refractivity contribution is -0.137. The van der Waals surface area contributed by atoms with Gasteiger partial charge in [-0.05, 0) is 37.6 Å². The van der Waals surface area contributed by atoms with Crippen molar-refractivity contribution in [2.45, 2.75) is 20.0 Å². The molecule has 9 nitrogen and oxygen atoms in total. The molecule has 0 aliphatic carbocycles. The van der Waals surface area contributed by atoms with Crippen molar-refractivity contribution < 1.29 is 22.8 Å². The van der Waals surface area contributed by atoms with Crippen LogP contribution in [0.5, 0.6) is 0 Å². The first-order chi connectivity index (χ1) is 14.1. The van der Waals surface area contributed by atoms with E-state index < -0.39 is 23.6 Å². The van der Waals surface area contributed by atoms with Crippen molar-refractivity contribution in [3.8, 4) is 11.4 Å². The van der Waals surface area contributed by atoms with Crippen molar-refractivity contribution in [3.05, 3.63) is 59.2 Å². The molecule has 0 spiro atoms. The van der Waals surface area contributed by atoms with Crippen LogP contribution in [0.3, 0.4) is 0 Å². The van der Waals surface area contributed by atoms with E-state index in [1.54, 1.807) is 13.8 Å². The van der Waals surface area contributed by atoms with Crippen molar-refractivity contribution in [2.75, 3.05) is 0 Å². The Morgan fingerprint density at radius 2 is 1.93 bits per heavy atom. The van der Waals surface area contributed by atoms with Gasteiger partial charge in [0.05, 0.1) is 17.3 Å². The molecule has 1 aromatic carbocycles. The van der Waals surface area contributed by atoms with E-state index in [1.165, 1.54) is 24.8 Å². The number of nitrogens with one attached hydrogen (secondary N) is 3. The molecule has 156 valence electrons. The Kier molecular flexibility index (Phi) is 5.67. The summed E-state index contributed by atoms with van der Waals surface area (Å²) in [6.07, 6.45) is 0.377. The number of aryl methyl sites for hydroxylation is 2. The zero-order valence-electron chi connectivity index (χ0n) is 15.8. The second kappa shape index (κ2) is 8.19. The molecule has 0 fully saturated rings. The van der Waals surface area contributed by atoms with E-state index in [4.69, 9.17) is 0 Å². The second-order valence-electron chi connectivity index (χ2n) is 6.30. The average Bonchev–Trinajstić information content (AvgIpc) is 3.32. The number of carbonyl (C=O) groups is 2. The molecule has 0 saturated heterocycles. The monoisotopic (exact) mass is 419 g/mol. The van der Waals surface area contributed by atoms with Crippen LogP contribution in [0, 0.1) is 13.8 Å². The van der Waals surface area contributed by atoms with Gasteiger partial charge in [0, 0.05) is 23.5 Å². The first kappa shape index (κ1) is 20.8. The maximum atomic E-state index is 13.0. The molecule has 30 heavy (non-hydrogen) atoms.